The van der Waals surface area contributed by atoms with Crippen molar-refractivity contribution < 1.29 is 19.1 Å². The van der Waals surface area contributed by atoms with Crippen LogP contribution in [0.2, 0.25) is 0 Å². The van der Waals surface area contributed by atoms with Crippen LogP contribution in [0.1, 0.15) is 32.1 Å². The normalized spacial score (nSPS) is 10.8. The molecule has 2 N–H and O–H groups in total. The number of carboxylic acids is 1. The van der Waals surface area contributed by atoms with Crippen molar-refractivity contribution in [3.8, 4) is 0 Å². The zero-order valence-electron chi connectivity index (χ0n) is 12.5. The minimum atomic E-state index is -1.27. The smallest absolute Gasteiger partial charge is 0.354 e. The van der Waals surface area contributed by atoms with Crippen LogP contribution < -0.4 is 5.32 Å². The Kier molecular flexibility index (Phi) is 3.90. The summed E-state index contributed by atoms with van der Waals surface area (Å²) in [5, 5.41) is 19.0. The van der Waals surface area contributed by atoms with E-state index in [0.29, 0.717) is 5.56 Å². The third-order valence-corrected chi connectivity index (χ3v) is 3.41. The number of amides is 1. The van der Waals surface area contributed by atoms with Crippen molar-refractivity contribution in [3.05, 3.63) is 58.9 Å². The van der Waals surface area contributed by atoms with Crippen LogP contribution in [-0.4, -0.2) is 36.6 Å². The van der Waals surface area contributed by atoms with E-state index in [1.54, 1.807) is 19.1 Å². The monoisotopic (exact) mass is 329 g/mol. The van der Waals surface area contributed by atoms with Gasteiger partial charge in [-0.05, 0) is 24.1 Å². The zero-order chi connectivity index (χ0) is 17.3. The minimum Gasteiger partial charge on any atom is -0.477 e. The van der Waals surface area contributed by atoms with Gasteiger partial charge in [0.15, 0.2) is 5.69 Å². The molecular weight excluding hydrogens is 317 g/mol. The van der Waals surface area contributed by atoms with Gasteiger partial charge in [0.05, 0.1) is 0 Å². The van der Waals surface area contributed by atoms with Crippen LogP contribution in [0.25, 0.3) is 5.78 Å². The predicted octanol–water partition coefficient (Wildman–Crippen LogP) is 1.20. The number of nitrogens with zero attached hydrogens (tertiary/aromatic N) is 4. The van der Waals surface area contributed by atoms with E-state index < -0.39 is 11.9 Å². The SMILES string of the molecule is Cc1cc(CNC(=O)c2cc(C(=O)O)nc3nncn23)ccc1F. The molecule has 1 aromatic carbocycles. The first kappa shape index (κ1) is 15.5. The molecule has 1 amide bonds. The third kappa shape index (κ3) is 2.91. The van der Waals surface area contributed by atoms with E-state index in [4.69, 9.17) is 5.11 Å². The predicted molar refractivity (Wildman–Crippen MR) is 80.0 cm³/mol. The van der Waals surface area contributed by atoms with Crippen LogP contribution >= 0.6 is 0 Å². The summed E-state index contributed by atoms with van der Waals surface area (Å²) < 4.78 is 14.5. The molecule has 3 aromatic rings. The largest absolute Gasteiger partial charge is 0.477 e. The second-order valence-corrected chi connectivity index (χ2v) is 5.10. The summed E-state index contributed by atoms with van der Waals surface area (Å²) in [5.41, 5.74) is 0.925. The number of carbonyl (C=O) groups excluding carboxylic acids is 1. The minimum absolute atomic E-state index is 0.0117. The first-order valence-corrected chi connectivity index (χ1v) is 6.93. The molecule has 3 rings (SSSR count). The molecule has 122 valence electrons. The second-order valence-electron chi connectivity index (χ2n) is 5.10. The van der Waals surface area contributed by atoms with E-state index in [1.807, 2.05) is 0 Å². The summed E-state index contributed by atoms with van der Waals surface area (Å²) in [6.45, 7) is 1.79. The van der Waals surface area contributed by atoms with E-state index in [-0.39, 0.29) is 29.5 Å². The van der Waals surface area contributed by atoms with Gasteiger partial charge < -0.3 is 10.4 Å². The zero-order valence-corrected chi connectivity index (χ0v) is 12.5. The number of hydrogen-bond acceptors (Lipinski definition) is 5. The van der Waals surface area contributed by atoms with Crippen molar-refractivity contribution in [1.29, 1.82) is 0 Å². The molecule has 0 radical (unpaired) electrons. The second kappa shape index (κ2) is 6.03. The molecule has 0 fully saturated rings. The lowest BCUT2D eigenvalue weighted by atomic mass is 10.1. The van der Waals surface area contributed by atoms with Crippen LogP contribution in [0, 0.1) is 12.7 Å². The van der Waals surface area contributed by atoms with Gasteiger partial charge in [-0.3, -0.25) is 9.20 Å². The molecule has 0 aliphatic rings. The van der Waals surface area contributed by atoms with Gasteiger partial charge in [-0.15, -0.1) is 10.2 Å². The molecule has 0 unspecified atom stereocenters. The molecule has 8 nitrogen and oxygen atoms in total. The molecular formula is C15H12FN5O3. The van der Waals surface area contributed by atoms with Gasteiger partial charge in [0, 0.05) is 12.6 Å². The van der Waals surface area contributed by atoms with Crippen molar-refractivity contribution in [2.75, 3.05) is 0 Å². The summed E-state index contributed by atoms with van der Waals surface area (Å²) in [7, 11) is 0. The molecule has 0 saturated heterocycles. The highest BCUT2D eigenvalue weighted by Gasteiger charge is 2.17. The van der Waals surface area contributed by atoms with Gasteiger partial charge >= 0.3 is 5.97 Å². The topological polar surface area (TPSA) is 109 Å². The third-order valence-electron chi connectivity index (χ3n) is 3.41. The number of fused-ring (bicyclic) bond motifs is 1. The molecule has 0 saturated carbocycles. The Balaban J connectivity index is 1.86. The van der Waals surface area contributed by atoms with Crippen molar-refractivity contribution in [2.45, 2.75) is 13.5 Å². The lowest BCUT2D eigenvalue weighted by Crippen LogP contribution is -2.26. The fourth-order valence-corrected chi connectivity index (χ4v) is 2.19. The van der Waals surface area contributed by atoms with Crippen molar-refractivity contribution >= 4 is 17.7 Å². The maximum Gasteiger partial charge on any atom is 0.354 e. The van der Waals surface area contributed by atoms with Crippen molar-refractivity contribution in [2.24, 2.45) is 0 Å². The average molecular weight is 329 g/mol. The molecule has 0 atom stereocenters. The number of halogens is 1. The summed E-state index contributed by atoms with van der Waals surface area (Å²) >= 11 is 0. The Hall–Kier alpha value is -3.36. The van der Waals surface area contributed by atoms with E-state index >= 15 is 0 Å². The molecule has 2 heterocycles. The molecule has 24 heavy (non-hydrogen) atoms. The molecule has 9 heteroatoms. The fraction of sp³-hybridized carbons (Fsp3) is 0.133. The number of carbonyl (C=O) groups is 2. The number of benzene rings is 1. The highest BCUT2D eigenvalue weighted by Crippen LogP contribution is 2.10. The first-order valence-electron chi connectivity index (χ1n) is 6.93. The Bertz CT molecular complexity index is 953. The number of hydrogen-bond donors (Lipinski definition) is 2. The Labute approximate surface area is 135 Å². The van der Waals surface area contributed by atoms with Gasteiger partial charge in [-0.1, -0.05) is 12.1 Å². The van der Waals surface area contributed by atoms with Crippen molar-refractivity contribution in [3.63, 3.8) is 0 Å². The van der Waals surface area contributed by atoms with Gasteiger partial charge in [0.1, 0.15) is 17.8 Å². The number of nitrogens with one attached hydrogen (secondary N) is 1. The summed E-state index contributed by atoms with van der Waals surface area (Å²) in [5.74, 6) is -2.11. The highest BCUT2D eigenvalue weighted by molar-refractivity contribution is 5.96. The van der Waals surface area contributed by atoms with Crippen LogP contribution in [0.15, 0.2) is 30.6 Å². The average Bonchev–Trinajstić information content (AvgIpc) is 3.03. The molecule has 0 spiro atoms. The number of aryl methyl sites for hydroxylation is 1. The lowest BCUT2D eigenvalue weighted by Gasteiger charge is -2.08. The van der Waals surface area contributed by atoms with Gasteiger partial charge in [-0.25, -0.2) is 14.2 Å². The summed E-state index contributed by atoms with van der Waals surface area (Å²) in [6.07, 6.45) is 1.27. The van der Waals surface area contributed by atoms with Crippen LogP contribution in [0.3, 0.4) is 0 Å². The van der Waals surface area contributed by atoms with Gasteiger partial charge in [-0.2, -0.15) is 0 Å². The summed E-state index contributed by atoms with van der Waals surface area (Å²) in [6, 6.07) is 5.65. The Morgan fingerprint density at radius 1 is 1.33 bits per heavy atom. The Morgan fingerprint density at radius 3 is 2.83 bits per heavy atom. The van der Waals surface area contributed by atoms with Crippen molar-refractivity contribution in [1.82, 2.24) is 24.9 Å². The number of rotatable bonds is 4. The van der Waals surface area contributed by atoms with Crippen LogP contribution in [0.5, 0.6) is 0 Å². The molecule has 0 bridgehead atoms. The maximum absolute atomic E-state index is 13.3. The van der Waals surface area contributed by atoms with Crippen LogP contribution in [-0.2, 0) is 6.54 Å². The van der Waals surface area contributed by atoms with E-state index in [0.717, 1.165) is 11.6 Å². The number of aromatic nitrogens is 4. The van der Waals surface area contributed by atoms with Crippen LogP contribution in [0.4, 0.5) is 4.39 Å². The standard InChI is InChI=1S/C15H12FN5O3/c1-8-4-9(2-3-10(8)16)6-17-13(22)12-5-11(14(23)24)19-15-20-18-7-21(12)15/h2-5,7H,6H2,1H3,(H,17,22)(H,23,24). The molecule has 2 aromatic heterocycles. The number of carboxylic acid groups (broad SMARTS) is 1. The molecule has 0 aliphatic heterocycles. The Morgan fingerprint density at radius 2 is 2.12 bits per heavy atom. The first-order chi connectivity index (χ1) is 11.5. The van der Waals surface area contributed by atoms with E-state index in [2.05, 4.69) is 20.5 Å². The molecule has 0 aliphatic carbocycles. The summed E-state index contributed by atoms with van der Waals surface area (Å²) in [4.78, 5) is 27.3. The quantitative estimate of drug-likeness (QED) is 0.744. The van der Waals surface area contributed by atoms with E-state index in [9.17, 15) is 14.0 Å². The van der Waals surface area contributed by atoms with E-state index in [1.165, 1.54) is 16.8 Å². The lowest BCUT2D eigenvalue weighted by molar-refractivity contribution is 0.0690. The van der Waals surface area contributed by atoms with Gasteiger partial charge in [0.2, 0.25) is 0 Å². The highest BCUT2D eigenvalue weighted by atomic mass is 19.1. The fourth-order valence-electron chi connectivity index (χ4n) is 2.19. The maximum atomic E-state index is 13.3. The number of aromatic carboxylic acids is 1. The van der Waals surface area contributed by atoms with Gasteiger partial charge in [0.25, 0.3) is 11.7 Å².